The summed E-state index contributed by atoms with van der Waals surface area (Å²) in [6.45, 7) is 0. The molecule has 1 aliphatic rings. The number of rotatable bonds is 5. The SMILES string of the molecule is CN1C(=O)C(NC(=O)C[C@H](N)Cc2ccccc2F)Cc2ncccc21.Cl.Cl. The average molecular weight is 429 g/mol. The van der Waals surface area contributed by atoms with Gasteiger partial charge in [-0.2, -0.15) is 0 Å². The minimum absolute atomic E-state index is 0. The number of halogens is 3. The van der Waals surface area contributed by atoms with Crippen molar-refractivity contribution in [3.8, 4) is 0 Å². The summed E-state index contributed by atoms with van der Waals surface area (Å²) >= 11 is 0. The Morgan fingerprint density at radius 3 is 2.75 bits per heavy atom. The fourth-order valence-electron chi connectivity index (χ4n) is 3.15. The molecule has 2 heterocycles. The Morgan fingerprint density at radius 1 is 1.32 bits per heavy atom. The van der Waals surface area contributed by atoms with Gasteiger partial charge < -0.3 is 16.0 Å². The van der Waals surface area contributed by atoms with Crippen molar-refractivity contribution in [3.05, 3.63) is 59.7 Å². The van der Waals surface area contributed by atoms with E-state index in [-0.39, 0.29) is 55.3 Å². The Labute approximate surface area is 175 Å². The molecule has 3 rings (SSSR count). The van der Waals surface area contributed by atoms with Crippen LogP contribution in [-0.2, 0) is 22.4 Å². The van der Waals surface area contributed by atoms with Crippen LogP contribution in [0.3, 0.4) is 0 Å². The van der Waals surface area contributed by atoms with Crippen LogP contribution in [0, 0.1) is 5.82 Å². The number of nitrogens with one attached hydrogen (secondary N) is 1. The number of carbonyl (C=O) groups excluding carboxylic acids is 2. The summed E-state index contributed by atoms with van der Waals surface area (Å²) in [6.07, 6.45) is 2.26. The topological polar surface area (TPSA) is 88.3 Å². The number of amides is 2. The van der Waals surface area contributed by atoms with Gasteiger partial charge in [0.15, 0.2) is 0 Å². The van der Waals surface area contributed by atoms with Gasteiger partial charge in [-0.3, -0.25) is 14.6 Å². The minimum Gasteiger partial charge on any atom is -0.344 e. The third-order valence-electron chi connectivity index (χ3n) is 4.48. The van der Waals surface area contributed by atoms with Crippen molar-refractivity contribution in [2.45, 2.75) is 31.3 Å². The molecular formula is C19H23Cl2FN4O2. The smallest absolute Gasteiger partial charge is 0.249 e. The lowest BCUT2D eigenvalue weighted by Gasteiger charge is -2.31. The summed E-state index contributed by atoms with van der Waals surface area (Å²) < 4.78 is 13.7. The quantitative estimate of drug-likeness (QED) is 0.762. The van der Waals surface area contributed by atoms with Crippen LogP contribution >= 0.6 is 24.8 Å². The highest BCUT2D eigenvalue weighted by Gasteiger charge is 2.32. The van der Waals surface area contributed by atoms with Crippen LogP contribution < -0.4 is 16.0 Å². The van der Waals surface area contributed by atoms with E-state index < -0.39 is 12.1 Å². The van der Waals surface area contributed by atoms with Crippen LogP contribution in [0.5, 0.6) is 0 Å². The lowest BCUT2D eigenvalue weighted by Crippen LogP contribution is -2.52. The first-order chi connectivity index (χ1) is 12.5. The second kappa shape index (κ2) is 10.4. The lowest BCUT2D eigenvalue weighted by atomic mass is 10.0. The van der Waals surface area contributed by atoms with Crippen molar-refractivity contribution in [2.75, 3.05) is 11.9 Å². The molecule has 1 aliphatic heterocycles. The minimum atomic E-state index is -0.671. The Morgan fingerprint density at radius 2 is 2.04 bits per heavy atom. The normalized spacial score (nSPS) is 16.3. The van der Waals surface area contributed by atoms with E-state index in [1.54, 1.807) is 37.5 Å². The summed E-state index contributed by atoms with van der Waals surface area (Å²) in [5.41, 5.74) is 7.96. The van der Waals surface area contributed by atoms with Gasteiger partial charge in [0, 0.05) is 32.1 Å². The van der Waals surface area contributed by atoms with Crippen LogP contribution in [0.1, 0.15) is 17.7 Å². The number of anilines is 1. The number of carbonyl (C=O) groups is 2. The van der Waals surface area contributed by atoms with Gasteiger partial charge >= 0.3 is 0 Å². The molecule has 0 spiro atoms. The van der Waals surface area contributed by atoms with Crippen LogP contribution in [0.15, 0.2) is 42.6 Å². The molecular weight excluding hydrogens is 406 g/mol. The van der Waals surface area contributed by atoms with Gasteiger partial charge in [-0.25, -0.2) is 4.39 Å². The molecule has 2 amide bonds. The van der Waals surface area contributed by atoms with E-state index in [4.69, 9.17) is 5.73 Å². The zero-order valence-electron chi connectivity index (χ0n) is 15.3. The molecule has 152 valence electrons. The van der Waals surface area contributed by atoms with Crippen molar-refractivity contribution in [1.82, 2.24) is 10.3 Å². The molecule has 0 saturated heterocycles. The van der Waals surface area contributed by atoms with Gasteiger partial charge in [0.2, 0.25) is 11.8 Å². The molecule has 2 aromatic rings. The Hall–Kier alpha value is -2.22. The number of nitrogens with two attached hydrogens (primary N) is 1. The molecule has 3 N–H and O–H groups in total. The van der Waals surface area contributed by atoms with Crippen LogP contribution in [-0.4, -0.2) is 35.9 Å². The Bertz CT molecular complexity index is 837. The maximum absolute atomic E-state index is 13.7. The summed E-state index contributed by atoms with van der Waals surface area (Å²) in [5, 5.41) is 2.73. The number of fused-ring (bicyclic) bond motifs is 1. The largest absolute Gasteiger partial charge is 0.344 e. The number of likely N-dealkylation sites (N-methyl/N-ethyl adjacent to an activating group) is 1. The van der Waals surface area contributed by atoms with Crippen LogP contribution in [0.4, 0.5) is 10.1 Å². The third kappa shape index (κ3) is 5.41. The molecule has 0 aliphatic carbocycles. The molecule has 1 unspecified atom stereocenters. The van der Waals surface area contributed by atoms with Gasteiger partial charge in [-0.05, 0) is 30.2 Å². The fraction of sp³-hybridized carbons (Fsp3) is 0.316. The lowest BCUT2D eigenvalue weighted by molar-refractivity contribution is -0.127. The van der Waals surface area contributed by atoms with E-state index in [1.807, 2.05) is 6.07 Å². The van der Waals surface area contributed by atoms with E-state index >= 15 is 0 Å². The highest BCUT2D eigenvalue weighted by Crippen LogP contribution is 2.24. The number of nitrogens with zero attached hydrogens (tertiary/aromatic N) is 2. The van der Waals surface area contributed by atoms with Gasteiger partial charge in [0.25, 0.3) is 0 Å². The van der Waals surface area contributed by atoms with E-state index in [9.17, 15) is 14.0 Å². The number of pyridine rings is 1. The maximum atomic E-state index is 13.7. The van der Waals surface area contributed by atoms with Crippen molar-refractivity contribution >= 4 is 42.3 Å². The first-order valence-electron chi connectivity index (χ1n) is 8.45. The zero-order valence-corrected chi connectivity index (χ0v) is 16.9. The fourth-order valence-corrected chi connectivity index (χ4v) is 3.15. The highest BCUT2D eigenvalue weighted by atomic mass is 35.5. The second-order valence-electron chi connectivity index (χ2n) is 6.45. The van der Waals surface area contributed by atoms with Gasteiger partial charge in [-0.1, -0.05) is 18.2 Å². The van der Waals surface area contributed by atoms with Crippen molar-refractivity contribution in [3.63, 3.8) is 0 Å². The van der Waals surface area contributed by atoms with Crippen molar-refractivity contribution < 1.29 is 14.0 Å². The van der Waals surface area contributed by atoms with Gasteiger partial charge in [0.1, 0.15) is 11.9 Å². The Kier molecular flexibility index (Phi) is 8.81. The molecule has 2 atom stereocenters. The molecule has 6 nitrogen and oxygen atoms in total. The zero-order chi connectivity index (χ0) is 18.7. The summed E-state index contributed by atoms with van der Waals surface area (Å²) in [5.74, 6) is -0.864. The first-order valence-corrected chi connectivity index (χ1v) is 8.45. The predicted octanol–water partition coefficient (Wildman–Crippen LogP) is 2.03. The number of hydrogen-bond acceptors (Lipinski definition) is 4. The van der Waals surface area contributed by atoms with Crippen molar-refractivity contribution in [1.29, 1.82) is 0 Å². The van der Waals surface area contributed by atoms with Gasteiger partial charge in [0.05, 0.1) is 11.4 Å². The average Bonchev–Trinajstić information content (AvgIpc) is 2.61. The van der Waals surface area contributed by atoms with Gasteiger partial charge in [-0.15, -0.1) is 24.8 Å². The summed E-state index contributed by atoms with van der Waals surface area (Å²) in [6, 6.07) is 8.73. The van der Waals surface area contributed by atoms with Crippen LogP contribution in [0.2, 0.25) is 0 Å². The maximum Gasteiger partial charge on any atom is 0.249 e. The second-order valence-corrected chi connectivity index (χ2v) is 6.45. The van der Waals surface area contributed by atoms with E-state index in [0.29, 0.717) is 12.0 Å². The Balaban J connectivity index is 0.00000196. The molecule has 0 radical (unpaired) electrons. The molecule has 28 heavy (non-hydrogen) atoms. The number of hydrogen-bond donors (Lipinski definition) is 2. The monoisotopic (exact) mass is 428 g/mol. The number of aromatic nitrogens is 1. The molecule has 0 fully saturated rings. The van der Waals surface area contributed by atoms with Crippen molar-refractivity contribution in [2.24, 2.45) is 5.73 Å². The summed E-state index contributed by atoms with van der Waals surface area (Å²) in [7, 11) is 1.66. The van der Waals surface area contributed by atoms with Crippen LogP contribution in [0.25, 0.3) is 0 Å². The van der Waals surface area contributed by atoms with E-state index in [0.717, 1.165) is 11.4 Å². The predicted molar refractivity (Wildman–Crippen MR) is 110 cm³/mol. The molecule has 0 saturated carbocycles. The van der Waals surface area contributed by atoms with E-state index in [2.05, 4.69) is 10.3 Å². The summed E-state index contributed by atoms with van der Waals surface area (Å²) in [4.78, 5) is 30.5. The first kappa shape index (κ1) is 23.8. The molecule has 0 bridgehead atoms. The highest BCUT2D eigenvalue weighted by molar-refractivity contribution is 6.01. The number of benzene rings is 1. The third-order valence-corrected chi connectivity index (χ3v) is 4.48. The van der Waals surface area contributed by atoms with E-state index in [1.165, 1.54) is 11.0 Å². The molecule has 9 heteroatoms. The standard InChI is InChI=1S/C19H21FN4O2.2ClH/c1-24-17-7-4-8-22-15(17)11-16(19(24)26)23-18(25)10-13(21)9-12-5-2-3-6-14(12)20;;/h2-8,13,16H,9-11,21H2,1H3,(H,23,25);2*1H/t13-,16?;;/m1../s1. The molecule has 1 aromatic carbocycles. The molecule has 1 aromatic heterocycles.